The van der Waals surface area contributed by atoms with E-state index in [1.807, 2.05) is 0 Å². The van der Waals surface area contributed by atoms with Crippen LogP contribution < -0.4 is 0 Å². The third-order valence-corrected chi connectivity index (χ3v) is 10.1. The Hall–Kier alpha value is -6.24. The molecular weight excluding hydrogens is 772 g/mol. The van der Waals surface area contributed by atoms with E-state index in [1.165, 1.54) is 24.3 Å². The molecule has 8 aromatic carbocycles. The molecule has 1 N–H and O–H groups in total. The van der Waals surface area contributed by atoms with Crippen molar-refractivity contribution < 1.29 is 57.8 Å². The number of aromatic hydroxyl groups is 1. The van der Waals surface area contributed by atoms with Crippen molar-refractivity contribution in [3.05, 3.63) is 150 Å². The summed E-state index contributed by atoms with van der Waals surface area (Å²) >= 11 is 0. The van der Waals surface area contributed by atoms with Crippen LogP contribution in [-0.2, 0) is 24.7 Å². The normalized spacial score (nSPS) is 13.0. The number of halogens is 12. The summed E-state index contributed by atoms with van der Waals surface area (Å²) in [4.78, 5) is 0. The van der Waals surface area contributed by atoms with Gasteiger partial charge in [0.15, 0.2) is 0 Å². The molecule has 0 bridgehead atoms. The van der Waals surface area contributed by atoms with Crippen LogP contribution in [0.5, 0.6) is 5.75 Å². The minimum atomic E-state index is -4.70. The fourth-order valence-electron chi connectivity index (χ4n) is 7.43. The summed E-state index contributed by atoms with van der Waals surface area (Å²) in [6, 6.07) is 24.4. The largest absolute Gasteiger partial charge is 0.507 e. The molecule has 57 heavy (non-hydrogen) atoms. The summed E-state index contributed by atoms with van der Waals surface area (Å²) in [5.74, 6) is -0.452. The van der Waals surface area contributed by atoms with Crippen molar-refractivity contribution in [2.75, 3.05) is 0 Å². The van der Waals surface area contributed by atoms with Crippen molar-refractivity contribution in [1.29, 1.82) is 0 Å². The van der Waals surface area contributed by atoms with Crippen molar-refractivity contribution in [2.24, 2.45) is 0 Å². The van der Waals surface area contributed by atoms with E-state index in [9.17, 15) is 57.8 Å². The number of benzene rings is 8. The molecule has 8 aromatic rings. The summed E-state index contributed by atoms with van der Waals surface area (Å²) in [6.07, 6.45) is -18.7. The maximum absolute atomic E-state index is 13.6. The lowest BCUT2D eigenvalue weighted by Crippen LogP contribution is -2.04. The maximum Gasteiger partial charge on any atom is 0.416 e. The highest BCUT2D eigenvalue weighted by Gasteiger charge is 2.34. The Bertz CT molecular complexity index is 2610. The highest BCUT2D eigenvalue weighted by molar-refractivity contribution is 6.32. The van der Waals surface area contributed by atoms with Gasteiger partial charge in [-0.15, -0.1) is 0 Å². The van der Waals surface area contributed by atoms with Crippen LogP contribution in [0.1, 0.15) is 22.3 Å². The fraction of sp³-hybridized carbons (Fsp3) is 0.0909. The van der Waals surface area contributed by atoms with Gasteiger partial charge < -0.3 is 5.11 Å². The first kappa shape index (κ1) is 37.7. The van der Waals surface area contributed by atoms with Gasteiger partial charge in [0, 0.05) is 11.1 Å². The predicted molar refractivity (Wildman–Crippen MR) is 194 cm³/mol. The van der Waals surface area contributed by atoms with Crippen LogP contribution in [0.3, 0.4) is 0 Å². The summed E-state index contributed by atoms with van der Waals surface area (Å²) in [5, 5.41) is 14.4. The minimum absolute atomic E-state index is 0.0385. The second-order valence-electron chi connectivity index (χ2n) is 13.4. The van der Waals surface area contributed by atoms with Crippen LogP contribution in [0.15, 0.2) is 127 Å². The van der Waals surface area contributed by atoms with Crippen molar-refractivity contribution in [1.82, 2.24) is 0 Å². The van der Waals surface area contributed by atoms with E-state index in [0.717, 1.165) is 72.8 Å². The second kappa shape index (κ2) is 12.9. The lowest BCUT2D eigenvalue weighted by molar-refractivity contribution is -0.138. The van der Waals surface area contributed by atoms with E-state index in [1.54, 1.807) is 30.3 Å². The van der Waals surface area contributed by atoms with Crippen LogP contribution in [0.2, 0.25) is 0 Å². The van der Waals surface area contributed by atoms with Crippen LogP contribution in [0, 0.1) is 0 Å². The Kier molecular flexibility index (Phi) is 8.53. The number of phenols is 1. The standard InChI is InChI=1S/C44H22F12O/c45-41(46,47)26-9-1-22(2-10-26)34-21-35(23-3-11-27(12-4-23)42(48,49)50)31-18-20-33-37(25-7-15-29(16-8-25)44(54,55)56)40(57)36(32-19-17-30(34)38(31)39(32)33)24-5-13-28(14-6-24)43(51,52)53/h1-21,57H. The van der Waals surface area contributed by atoms with E-state index in [-0.39, 0.29) is 22.3 Å². The van der Waals surface area contributed by atoms with Crippen LogP contribution in [-0.4, -0.2) is 5.11 Å². The van der Waals surface area contributed by atoms with Gasteiger partial charge in [-0.3, -0.25) is 0 Å². The molecule has 0 unspecified atom stereocenters. The molecule has 0 aliphatic carbocycles. The van der Waals surface area contributed by atoms with Gasteiger partial charge in [0.05, 0.1) is 22.3 Å². The van der Waals surface area contributed by atoms with E-state index in [4.69, 9.17) is 0 Å². The number of hydrogen-bond donors (Lipinski definition) is 1. The monoisotopic (exact) mass is 794 g/mol. The lowest BCUT2D eigenvalue weighted by atomic mass is 9.81. The van der Waals surface area contributed by atoms with E-state index < -0.39 is 52.7 Å². The summed E-state index contributed by atoms with van der Waals surface area (Å²) in [7, 11) is 0. The van der Waals surface area contributed by atoms with E-state index in [2.05, 4.69) is 0 Å². The molecule has 1 nitrogen and oxygen atoms in total. The van der Waals surface area contributed by atoms with Crippen molar-refractivity contribution in [2.45, 2.75) is 24.7 Å². The van der Waals surface area contributed by atoms with Gasteiger partial charge in [-0.05, 0) is 120 Å². The average molecular weight is 795 g/mol. The molecule has 0 fully saturated rings. The molecule has 0 heterocycles. The molecule has 0 radical (unpaired) electrons. The zero-order valence-electron chi connectivity index (χ0n) is 28.6. The van der Waals surface area contributed by atoms with Crippen molar-refractivity contribution >= 4 is 32.3 Å². The lowest BCUT2D eigenvalue weighted by Gasteiger charge is -2.23. The maximum atomic E-state index is 13.6. The third-order valence-electron chi connectivity index (χ3n) is 10.1. The molecular formula is C44H22F12O. The molecule has 0 amide bonds. The number of hydrogen-bond acceptors (Lipinski definition) is 1. The summed E-state index contributed by atoms with van der Waals surface area (Å²) in [5.41, 5.74) is -2.12. The van der Waals surface area contributed by atoms with Gasteiger partial charge >= 0.3 is 24.7 Å². The molecule has 13 heteroatoms. The molecule has 0 atom stereocenters. The molecule has 0 aliphatic heterocycles. The Morgan fingerprint density at radius 2 is 0.544 bits per heavy atom. The SMILES string of the molecule is Oc1c(-c2ccc(C(F)(F)F)cc2)c2ccc3c(-c4ccc(C(F)(F)F)cc4)cc(-c4ccc(C(F)(F)F)cc4)c4ccc(c1-c1ccc(C(F)(F)F)cc1)c2c34. The van der Waals surface area contributed by atoms with Gasteiger partial charge in [-0.25, -0.2) is 0 Å². The first-order chi connectivity index (χ1) is 26.7. The Labute approximate surface area is 314 Å². The van der Waals surface area contributed by atoms with Crippen molar-refractivity contribution in [3.63, 3.8) is 0 Å². The smallest absolute Gasteiger partial charge is 0.416 e. The van der Waals surface area contributed by atoms with Gasteiger partial charge in [0.1, 0.15) is 5.75 Å². The van der Waals surface area contributed by atoms with Gasteiger partial charge in [0.25, 0.3) is 0 Å². The molecule has 288 valence electrons. The molecule has 0 spiro atoms. The number of rotatable bonds is 4. The Balaban J connectivity index is 1.51. The van der Waals surface area contributed by atoms with Gasteiger partial charge in [-0.2, -0.15) is 52.7 Å². The fourth-order valence-corrected chi connectivity index (χ4v) is 7.43. The molecule has 8 rings (SSSR count). The molecule has 0 saturated heterocycles. The van der Waals surface area contributed by atoms with E-state index in [0.29, 0.717) is 54.6 Å². The van der Waals surface area contributed by atoms with Crippen molar-refractivity contribution in [3.8, 4) is 50.3 Å². The summed E-state index contributed by atoms with van der Waals surface area (Å²) < 4.78 is 163. The minimum Gasteiger partial charge on any atom is -0.507 e. The predicted octanol–water partition coefficient (Wildman–Crippen LogP) is 15.0. The molecule has 0 aromatic heterocycles. The Morgan fingerprint density at radius 1 is 0.298 bits per heavy atom. The zero-order valence-corrected chi connectivity index (χ0v) is 28.6. The Morgan fingerprint density at radius 3 is 0.825 bits per heavy atom. The quantitative estimate of drug-likeness (QED) is 0.139. The van der Waals surface area contributed by atoms with Crippen LogP contribution in [0.25, 0.3) is 76.8 Å². The number of phenolic OH excluding ortho intramolecular Hbond substituents is 1. The first-order valence-corrected chi connectivity index (χ1v) is 16.9. The second-order valence-corrected chi connectivity index (χ2v) is 13.4. The zero-order chi connectivity index (χ0) is 40.8. The summed E-state index contributed by atoms with van der Waals surface area (Å²) in [6.45, 7) is 0. The topological polar surface area (TPSA) is 20.2 Å². The van der Waals surface area contributed by atoms with Gasteiger partial charge in [-0.1, -0.05) is 72.8 Å². The first-order valence-electron chi connectivity index (χ1n) is 16.9. The molecule has 0 saturated carbocycles. The third kappa shape index (κ3) is 6.54. The highest BCUT2D eigenvalue weighted by Crippen LogP contribution is 2.53. The van der Waals surface area contributed by atoms with E-state index >= 15 is 0 Å². The number of alkyl halides is 12. The molecule has 0 aliphatic rings. The highest BCUT2D eigenvalue weighted by atomic mass is 19.4. The van der Waals surface area contributed by atoms with Gasteiger partial charge in [0.2, 0.25) is 0 Å². The average Bonchev–Trinajstić information content (AvgIpc) is 3.15. The van der Waals surface area contributed by atoms with Crippen LogP contribution >= 0.6 is 0 Å². The van der Waals surface area contributed by atoms with Crippen LogP contribution in [0.4, 0.5) is 52.7 Å².